The van der Waals surface area contributed by atoms with E-state index in [1.165, 1.54) is 0 Å². The molecule has 1 nitrogen and oxygen atoms in total. The van der Waals surface area contributed by atoms with Crippen molar-refractivity contribution in [2.75, 3.05) is 0 Å². The summed E-state index contributed by atoms with van der Waals surface area (Å²) in [6, 6.07) is 5.51. The highest BCUT2D eigenvalue weighted by Gasteiger charge is 2.10. The lowest BCUT2D eigenvalue weighted by molar-refractivity contribution is 0.482. The lowest BCUT2D eigenvalue weighted by atomic mass is 10.2. The van der Waals surface area contributed by atoms with Crippen molar-refractivity contribution in [3.63, 3.8) is 0 Å². The van der Waals surface area contributed by atoms with Crippen LogP contribution in [0.2, 0.25) is 0 Å². The van der Waals surface area contributed by atoms with Gasteiger partial charge < -0.3 is 5.11 Å². The third-order valence-electron chi connectivity index (χ3n) is 1.86. The highest BCUT2D eigenvalue weighted by Crippen LogP contribution is 2.39. The Kier molecular flexibility index (Phi) is 2.53. The zero-order valence-electron chi connectivity index (χ0n) is 6.62. The average Bonchev–Trinajstić information content (AvgIpc) is 2.45. The number of alkyl halides is 1. The Morgan fingerprint density at radius 2 is 2.23 bits per heavy atom. The van der Waals surface area contributed by atoms with Crippen LogP contribution < -0.4 is 0 Å². The van der Waals surface area contributed by atoms with Crippen LogP contribution in [0.25, 0.3) is 10.1 Å². The molecule has 0 aliphatic rings. The summed E-state index contributed by atoms with van der Waals surface area (Å²) >= 11 is 9.38. The molecule has 4 heteroatoms. The molecule has 2 rings (SSSR count). The standard InChI is InChI=1S/C9H7BrOS2/c10-4-7-8(12)5-2-1-3-6(11)9(5)13-7/h1-3,11-12H,4H2. The number of aromatic hydroxyl groups is 1. The summed E-state index contributed by atoms with van der Waals surface area (Å²) in [5, 5.41) is 11.4. The van der Waals surface area contributed by atoms with Crippen LogP contribution in [0.15, 0.2) is 23.1 Å². The van der Waals surface area contributed by atoms with Gasteiger partial charge in [-0.05, 0) is 6.07 Å². The minimum absolute atomic E-state index is 0.338. The number of thiophene rings is 1. The molecule has 2 aromatic rings. The van der Waals surface area contributed by atoms with E-state index in [1.807, 2.05) is 12.1 Å². The van der Waals surface area contributed by atoms with E-state index in [1.54, 1.807) is 17.4 Å². The van der Waals surface area contributed by atoms with Gasteiger partial charge in [-0.25, -0.2) is 0 Å². The van der Waals surface area contributed by atoms with Gasteiger partial charge in [0.1, 0.15) is 5.75 Å². The first-order valence-electron chi connectivity index (χ1n) is 3.72. The number of hydrogen-bond donors (Lipinski definition) is 2. The Morgan fingerprint density at radius 3 is 2.85 bits per heavy atom. The summed E-state index contributed by atoms with van der Waals surface area (Å²) in [6.45, 7) is 0. The molecule has 0 aliphatic carbocycles. The third kappa shape index (κ3) is 1.47. The van der Waals surface area contributed by atoms with E-state index in [4.69, 9.17) is 0 Å². The van der Waals surface area contributed by atoms with Crippen LogP contribution in [0.4, 0.5) is 0 Å². The minimum Gasteiger partial charge on any atom is -0.506 e. The number of rotatable bonds is 1. The topological polar surface area (TPSA) is 20.2 Å². The maximum absolute atomic E-state index is 9.57. The van der Waals surface area contributed by atoms with Crippen LogP contribution in [-0.4, -0.2) is 5.11 Å². The summed E-state index contributed by atoms with van der Waals surface area (Å²) in [7, 11) is 0. The molecule has 0 fully saturated rings. The van der Waals surface area contributed by atoms with Crippen molar-refractivity contribution >= 4 is 50.0 Å². The Labute approximate surface area is 93.9 Å². The second-order valence-electron chi connectivity index (χ2n) is 2.66. The summed E-state index contributed by atoms with van der Waals surface area (Å²) in [5.74, 6) is 0.338. The van der Waals surface area contributed by atoms with E-state index < -0.39 is 0 Å². The highest BCUT2D eigenvalue weighted by molar-refractivity contribution is 9.08. The molecular formula is C9H7BrOS2. The number of benzene rings is 1. The van der Waals surface area contributed by atoms with Gasteiger partial charge in [0.15, 0.2) is 0 Å². The van der Waals surface area contributed by atoms with Gasteiger partial charge in [0.2, 0.25) is 0 Å². The number of thiol groups is 1. The van der Waals surface area contributed by atoms with Gasteiger partial charge in [0.25, 0.3) is 0 Å². The number of phenols is 1. The second-order valence-corrected chi connectivity index (χ2v) is 4.77. The molecule has 0 aliphatic heterocycles. The van der Waals surface area contributed by atoms with E-state index in [-0.39, 0.29) is 0 Å². The molecule has 1 N–H and O–H groups in total. The van der Waals surface area contributed by atoms with Gasteiger partial charge in [-0.2, -0.15) is 0 Å². The predicted molar refractivity (Wildman–Crippen MR) is 63.4 cm³/mol. The maximum atomic E-state index is 9.57. The van der Waals surface area contributed by atoms with Crippen LogP contribution >= 0.6 is 39.9 Å². The molecule has 0 atom stereocenters. The first kappa shape index (κ1) is 9.37. The fourth-order valence-corrected chi connectivity index (χ4v) is 3.51. The van der Waals surface area contributed by atoms with Crippen LogP contribution in [0.5, 0.6) is 5.75 Å². The quantitative estimate of drug-likeness (QED) is 0.599. The Hall–Kier alpha value is -0.190. The van der Waals surface area contributed by atoms with Crippen molar-refractivity contribution in [2.24, 2.45) is 0 Å². The highest BCUT2D eigenvalue weighted by atomic mass is 79.9. The maximum Gasteiger partial charge on any atom is 0.133 e. The van der Waals surface area contributed by atoms with Gasteiger partial charge in [-0.15, -0.1) is 24.0 Å². The van der Waals surface area contributed by atoms with Crippen molar-refractivity contribution in [1.82, 2.24) is 0 Å². The van der Waals surface area contributed by atoms with Crippen LogP contribution in [-0.2, 0) is 5.33 Å². The van der Waals surface area contributed by atoms with Gasteiger partial charge in [-0.1, -0.05) is 28.1 Å². The molecule has 13 heavy (non-hydrogen) atoms. The fraction of sp³-hybridized carbons (Fsp3) is 0.111. The van der Waals surface area contributed by atoms with Gasteiger partial charge in [0.05, 0.1) is 4.70 Å². The lowest BCUT2D eigenvalue weighted by Crippen LogP contribution is -1.68. The van der Waals surface area contributed by atoms with Crippen molar-refractivity contribution in [3.8, 4) is 5.75 Å². The molecule has 0 spiro atoms. The Bertz CT molecular complexity index is 450. The van der Waals surface area contributed by atoms with Crippen molar-refractivity contribution < 1.29 is 5.11 Å². The number of halogens is 1. The van der Waals surface area contributed by atoms with Crippen LogP contribution in [0.3, 0.4) is 0 Å². The largest absolute Gasteiger partial charge is 0.506 e. The first-order valence-corrected chi connectivity index (χ1v) is 6.11. The van der Waals surface area contributed by atoms with E-state index in [0.717, 1.165) is 25.2 Å². The Balaban J connectivity index is 2.83. The van der Waals surface area contributed by atoms with E-state index in [0.29, 0.717) is 5.75 Å². The Morgan fingerprint density at radius 1 is 1.46 bits per heavy atom. The molecule has 1 aromatic carbocycles. The monoisotopic (exact) mass is 274 g/mol. The fourth-order valence-electron chi connectivity index (χ4n) is 1.23. The summed E-state index contributed by atoms with van der Waals surface area (Å²) in [5.41, 5.74) is 0. The lowest BCUT2D eigenvalue weighted by Gasteiger charge is -1.92. The second kappa shape index (κ2) is 3.52. The number of fused-ring (bicyclic) bond motifs is 1. The van der Waals surface area contributed by atoms with E-state index in [2.05, 4.69) is 28.6 Å². The minimum atomic E-state index is 0.338. The number of phenolic OH excluding ortho intramolecular Hbond substituents is 1. The van der Waals surface area contributed by atoms with Crippen LogP contribution in [0, 0.1) is 0 Å². The van der Waals surface area contributed by atoms with E-state index in [9.17, 15) is 5.11 Å². The SMILES string of the molecule is Oc1cccc2c(S)c(CBr)sc12. The molecule has 1 heterocycles. The average molecular weight is 275 g/mol. The predicted octanol–water partition coefficient (Wildman–Crippen LogP) is 3.79. The molecule has 0 saturated carbocycles. The zero-order chi connectivity index (χ0) is 9.42. The normalized spacial score (nSPS) is 10.9. The van der Waals surface area contributed by atoms with Gasteiger partial charge >= 0.3 is 0 Å². The smallest absolute Gasteiger partial charge is 0.133 e. The van der Waals surface area contributed by atoms with Crippen molar-refractivity contribution in [3.05, 3.63) is 23.1 Å². The molecule has 0 amide bonds. The van der Waals surface area contributed by atoms with Gasteiger partial charge in [0, 0.05) is 20.5 Å². The molecule has 0 radical (unpaired) electrons. The summed E-state index contributed by atoms with van der Waals surface area (Å²) in [6.07, 6.45) is 0. The molecule has 68 valence electrons. The molecular weight excluding hydrogens is 268 g/mol. The number of hydrogen-bond acceptors (Lipinski definition) is 3. The third-order valence-corrected chi connectivity index (χ3v) is 4.68. The summed E-state index contributed by atoms with van der Waals surface area (Å²) in [4.78, 5) is 2.12. The molecule has 0 unspecified atom stereocenters. The van der Waals surface area contributed by atoms with Crippen molar-refractivity contribution in [1.29, 1.82) is 0 Å². The first-order chi connectivity index (χ1) is 6.24. The van der Waals surface area contributed by atoms with Crippen LogP contribution in [0.1, 0.15) is 4.88 Å². The van der Waals surface area contributed by atoms with E-state index >= 15 is 0 Å². The molecule has 0 bridgehead atoms. The van der Waals surface area contributed by atoms with Gasteiger partial charge in [-0.3, -0.25) is 0 Å². The zero-order valence-corrected chi connectivity index (χ0v) is 9.92. The van der Waals surface area contributed by atoms with Crippen molar-refractivity contribution in [2.45, 2.75) is 10.2 Å². The molecule has 0 saturated heterocycles. The molecule has 1 aromatic heterocycles. The summed E-state index contributed by atoms with van der Waals surface area (Å²) < 4.78 is 0.918.